The van der Waals surface area contributed by atoms with Gasteiger partial charge in [0, 0.05) is 28.3 Å². The molecule has 0 fully saturated rings. The Morgan fingerprint density at radius 2 is 2.10 bits per heavy atom. The number of hydrogen-bond donors (Lipinski definition) is 1. The highest BCUT2D eigenvalue weighted by Gasteiger charge is 2.10. The number of halogens is 1. The average Bonchev–Trinajstić information content (AvgIpc) is 2.85. The van der Waals surface area contributed by atoms with Crippen LogP contribution < -0.4 is 0 Å². The van der Waals surface area contributed by atoms with Crippen molar-refractivity contribution < 1.29 is 14.7 Å². The number of thiazole rings is 1. The number of carboxylic acid groups (broad SMARTS) is 1. The Labute approximate surface area is 128 Å². The first-order chi connectivity index (χ1) is 9.54. The summed E-state index contributed by atoms with van der Waals surface area (Å²) in [5, 5.41) is 11.2. The lowest BCUT2D eigenvalue weighted by molar-refractivity contribution is -0.138. The van der Waals surface area contributed by atoms with Crippen molar-refractivity contribution in [1.29, 1.82) is 0 Å². The van der Waals surface area contributed by atoms with Gasteiger partial charge < -0.3 is 5.11 Å². The summed E-state index contributed by atoms with van der Waals surface area (Å²) in [4.78, 5) is 26.4. The first-order valence-corrected chi connectivity index (χ1v) is 7.65. The predicted molar refractivity (Wildman–Crippen MR) is 80.8 cm³/mol. The smallest absolute Gasteiger partial charge is 0.303 e. The van der Waals surface area contributed by atoms with E-state index in [-0.39, 0.29) is 25.0 Å². The van der Waals surface area contributed by atoms with E-state index in [2.05, 4.69) is 20.9 Å². The van der Waals surface area contributed by atoms with Gasteiger partial charge in [0.15, 0.2) is 0 Å². The number of carbonyl (C=O) groups is 2. The molecule has 1 aromatic carbocycles. The van der Waals surface area contributed by atoms with E-state index in [1.54, 1.807) is 0 Å². The summed E-state index contributed by atoms with van der Waals surface area (Å²) in [7, 11) is 0. The molecule has 0 atom stereocenters. The van der Waals surface area contributed by atoms with Crippen LogP contribution in [-0.2, 0) is 16.0 Å². The molecule has 0 bridgehead atoms. The van der Waals surface area contributed by atoms with Crippen molar-refractivity contribution in [3.63, 3.8) is 0 Å². The number of aromatic nitrogens is 1. The van der Waals surface area contributed by atoms with E-state index in [1.807, 2.05) is 29.6 Å². The highest BCUT2D eigenvalue weighted by molar-refractivity contribution is 9.10. The SMILES string of the molecule is O=C(O)CCC(=O)Cc1csc(-c2cccc(Br)c2)n1. The molecule has 1 heterocycles. The van der Waals surface area contributed by atoms with Crippen LogP contribution in [-0.4, -0.2) is 21.8 Å². The first-order valence-electron chi connectivity index (χ1n) is 5.98. The van der Waals surface area contributed by atoms with Crippen molar-refractivity contribution in [2.24, 2.45) is 0 Å². The summed E-state index contributed by atoms with van der Waals surface area (Å²) in [5.74, 6) is -1.05. The van der Waals surface area contributed by atoms with E-state index >= 15 is 0 Å². The van der Waals surface area contributed by atoms with Gasteiger partial charge in [-0.15, -0.1) is 11.3 Å². The van der Waals surface area contributed by atoms with Crippen molar-refractivity contribution in [1.82, 2.24) is 4.98 Å². The van der Waals surface area contributed by atoms with Gasteiger partial charge in [-0.05, 0) is 12.1 Å². The highest BCUT2D eigenvalue weighted by atomic mass is 79.9. The summed E-state index contributed by atoms with van der Waals surface area (Å²) < 4.78 is 0.976. The minimum absolute atomic E-state index is 0.0546. The van der Waals surface area contributed by atoms with Crippen LogP contribution >= 0.6 is 27.3 Å². The average molecular weight is 354 g/mol. The fourth-order valence-corrected chi connectivity index (χ4v) is 2.89. The molecule has 20 heavy (non-hydrogen) atoms. The molecule has 0 aliphatic heterocycles. The summed E-state index contributed by atoms with van der Waals surface area (Å²) in [6, 6.07) is 7.79. The van der Waals surface area contributed by atoms with Gasteiger partial charge in [-0.2, -0.15) is 0 Å². The minimum atomic E-state index is -0.952. The zero-order valence-corrected chi connectivity index (χ0v) is 12.9. The Bertz CT molecular complexity index is 639. The van der Waals surface area contributed by atoms with Crippen LogP contribution in [0.1, 0.15) is 18.5 Å². The summed E-state index contributed by atoms with van der Waals surface area (Å²) in [5.41, 5.74) is 1.69. The third kappa shape index (κ3) is 4.25. The van der Waals surface area contributed by atoms with Crippen molar-refractivity contribution in [2.75, 3.05) is 0 Å². The normalized spacial score (nSPS) is 10.4. The molecule has 0 unspecified atom stereocenters. The highest BCUT2D eigenvalue weighted by Crippen LogP contribution is 2.26. The van der Waals surface area contributed by atoms with Gasteiger partial charge in [-0.1, -0.05) is 28.1 Å². The molecule has 0 aliphatic carbocycles. The number of rotatable bonds is 6. The van der Waals surface area contributed by atoms with Crippen LogP contribution in [0.5, 0.6) is 0 Å². The van der Waals surface area contributed by atoms with Gasteiger partial charge in [0.25, 0.3) is 0 Å². The second-order valence-electron chi connectivity index (χ2n) is 4.26. The lowest BCUT2D eigenvalue weighted by Crippen LogP contribution is -2.06. The molecule has 2 rings (SSSR count). The number of aliphatic carboxylic acids is 1. The number of Topliss-reactive ketones (excluding diaryl/α,β-unsaturated/α-hetero) is 1. The quantitative estimate of drug-likeness (QED) is 0.862. The maximum Gasteiger partial charge on any atom is 0.303 e. The van der Waals surface area contributed by atoms with Gasteiger partial charge in [-0.25, -0.2) is 4.98 Å². The molecule has 2 aromatic rings. The van der Waals surface area contributed by atoms with Gasteiger partial charge in [0.2, 0.25) is 0 Å². The molecular formula is C14H12BrNO3S. The summed E-state index contributed by atoms with van der Waals surface area (Å²) in [6.07, 6.45) is 0.123. The second kappa shape index (κ2) is 6.76. The topological polar surface area (TPSA) is 67.3 Å². The number of nitrogens with zero attached hydrogens (tertiary/aromatic N) is 1. The van der Waals surface area contributed by atoms with Gasteiger partial charge in [0.1, 0.15) is 10.8 Å². The lowest BCUT2D eigenvalue weighted by Gasteiger charge is -1.97. The second-order valence-corrected chi connectivity index (χ2v) is 6.04. The fraction of sp³-hybridized carbons (Fsp3) is 0.214. The van der Waals surface area contributed by atoms with Gasteiger partial charge >= 0.3 is 5.97 Å². The molecule has 0 saturated carbocycles. The third-order valence-electron chi connectivity index (χ3n) is 2.62. The summed E-state index contributed by atoms with van der Waals surface area (Å²) in [6.45, 7) is 0. The molecule has 0 spiro atoms. The van der Waals surface area contributed by atoms with Crippen LogP contribution in [0.4, 0.5) is 0 Å². The summed E-state index contributed by atoms with van der Waals surface area (Å²) >= 11 is 4.88. The van der Waals surface area contributed by atoms with E-state index in [0.29, 0.717) is 5.69 Å². The van der Waals surface area contributed by atoms with Crippen LogP contribution in [0.2, 0.25) is 0 Å². The van der Waals surface area contributed by atoms with Crippen LogP contribution in [0, 0.1) is 0 Å². The van der Waals surface area contributed by atoms with Crippen molar-refractivity contribution in [2.45, 2.75) is 19.3 Å². The zero-order chi connectivity index (χ0) is 14.5. The van der Waals surface area contributed by atoms with Gasteiger partial charge in [-0.3, -0.25) is 9.59 Å². The van der Waals surface area contributed by atoms with Gasteiger partial charge in [0.05, 0.1) is 12.1 Å². The number of hydrogen-bond acceptors (Lipinski definition) is 4. The standard InChI is InChI=1S/C14H12BrNO3S/c15-10-3-1-2-9(6-10)14-16-11(8-20-14)7-12(17)4-5-13(18)19/h1-3,6,8H,4-5,7H2,(H,18,19). The molecule has 1 aromatic heterocycles. The maximum absolute atomic E-state index is 11.6. The molecule has 104 valence electrons. The Morgan fingerprint density at radius 3 is 2.80 bits per heavy atom. The molecule has 0 radical (unpaired) electrons. The molecule has 0 amide bonds. The fourth-order valence-electron chi connectivity index (χ4n) is 1.68. The number of carboxylic acids is 1. The van der Waals surface area contributed by atoms with E-state index < -0.39 is 5.97 Å². The molecule has 6 heteroatoms. The Morgan fingerprint density at radius 1 is 1.30 bits per heavy atom. The van der Waals surface area contributed by atoms with Crippen LogP contribution in [0.25, 0.3) is 10.6 Å². The Hall–Kier alpha value is -1.53. The Kier molecular flexibility index (Phi) is 5.03. The maximum atomic E-state index is 11.6. The third-order valence-corrected chi connectivity index (χ3v) is 4.05. The predicted octanol–water partition coefficient (Wildman–Crippen LogP) is 3.55. The van der Waals surface area contributed by atoms with E-state index in [9.17, 15) is 9.59 Å². The molecule has 0 aliphatic rings. The Balaban J connectivity index is 2.02. The lowest BCUT2D eigenvalue weighted by atomic mass is 10.1. The zero-order valence-electron chi connectivity index (χ0n) is 10.5. The number of ketones is 1. The van der Waals surface area contributed by atoms with E-state index in [1.165, 1.54) is 11.3 Å². The van der Waals surface area contributed by atoms with Crippen molar-refractivity contribution in [3.05, 3.63) is 39.8 Å². The molecule has 4 nitrogen and oxygen atoms in total. The van der Waals surface area contributed by atoms with Crippen LogP contribution in [0.3, 0.4) is 0 Å². The number of benzene rings is 1. The minimum Gasteiger partial charge on any atom is -0.481 e. The molecule has 0 saturated heterocycles. The largest absolute Gasteiger partial charge is 0.481 e. The van der Waals surface area contributed by atoms with E-state index in [4.69, 9.17) is 5.11 Å². The number of carbonyl (C=O) groups excluding carboxylic acids is 1. The molecular weight excluding hydrogens is 342 g/mol. The first kappa shape index (κ1) is 14.9. The van der Waals surface area contributed by atoms with Crippen LogP contribution in [0.15, 0.2) is 34.1 Å². The van der Waals surface area contributed by atoms with Crippen molar-refractivity contribution in [3.8, 4) is 10.6 Å². The van der Waals surface area contributed by atoms with E-state index in [0.717, 1.165) is 15.0 Å². The monoisotopic (exact) mass is 353 g/mol. The molecule has 1 N–H and O–H groups in total. The van der Waals surface area contributed by atoms with Crippen molar-refractivity contribution >= 4 is 39.0 Å².